The maximum atomic E-state index is 11.9. The minimum Gasteiger partial charge on any atom is -0.371 e. The van der Waals surface area contributed by atoms with Gasteiger partial charge in [-0.2, -0.15) is 5.10 Å². The summed E-state index contributed by atoms with van der Waals surface area (Å²) in [6.07, 6.45) is 3.62. The number of aryl methyl sites for hydroxylation is 1. The van der Waals surface area contributed by atoms with Crippen molar-refractivity contribution in [1.82, 2.24) is 15.1 Å². The lowest BCUT2D eigenvalue weighted by molar-refractivity contribution is -0.121. The van der Waals surface area contributed by atoms with Crippen LogP contribution in [0.2, 0.25) is 0 Å². The summed E-state index contributed by atoms with van der Waals surface area (Å²) in [7, 11) is 0. The third-order valence-electron chi connectivity index (χ3n) is 2.75. The highest BCUT2D eigenvalue weighted by Crippen LogP contribution is 2.09. The van der Waals surface area contributed by atoms with Crippen molar-refractivity contribution >= 4 is 22.9 Å². The Bertz CT molecular complexity index is 520. The molecule has 19 heavy (non-hydrogen) atoms. The highest BCUT2D eigenvalue weighted by Gasteiger charge is 2.13. The van der Waals surface area contributed by atoms with E-state index < -0.39 is 0 Å². The number of amides is 1. The molecule has 5 nitrogen and oxygen atoms in total. The molecule has 0 saturated carbocycles. The normalized spacial score (nSPS) is 12.1. The van der Waals surface area contributed by atoms with E-state index in [4.69, 9.17) is 0 Å². The standard InChI is InChI=1S/C13H18N4OS/c1-3-17-9-11(7-15-17)16-10(2)13(18)14-8-12-5-4-6-19-12/h4-7,9-10,16H,3,8H2,1-2H3,(H,14,18)/t10-/m0/s1. The molecule has 2 aromatic heterocycles. The topological polar surface area (TPSA) is 59.0 Å². The molecule has 2 rings (SSSR count). The van der Waals surface area contributed by atoms with Crippen molar-refractivity contribution < 1.29 is 4.79 Å². The molecule has 2 N–H and O–H groups in total. The summed E-state index contributed by atoms with van der Waals surface area (Å²) in [6, 6.07) is 3.70. The Kier molecular flexibility index (Phi) is 4.57. The van der Waals surface area contributed by atoms with Crippen molar-refractivity contribution in [3.05, 3.63) is 34.8 Å². The van der Waals surface area contributed by atoms with Crippen molar-refractivity contribution in [2.45, 2.75) is 33.0 Å². The van der Waals surface area contributed by atoms with Crippen LogP contribution in [-0.4, -0.2) is 21.7 Å². The van der Waals surface area contributed by atoms with E-state index in [0.29, 0.717) is 6.54 Å². The van der Waals surface area contributed by atoms with Crippen molar-refractivity contribution in [2.24, 2.45) is 0 Å². The molecule has 6 heteroatoms. The van der Waals surface area contributed by atoms with E-state index in [1.54, 1.807) is 17.5 Å². The first-order valence-corrected chi connectivity index (χ1v) is 7.16. The molecule has 0 aliphatic heterocycles. The van der Waals surface area contributed by atoms with Gasteiger partial charge in [0.25, 0.3) is 0 Å². The minimum absolute atomic E-state index is 0.0161. The van der Waals surface area contributed by atoms with E-state index in [1.807, 2.05) is 42.2 Å². The summed E-state index contributed by atoms with van der Waals surface area (Å²) in [4.78, 5) is 13.1. The van der Waals surface area contributed by atoms with Crippen molar-refractivity contribution in [2.75, 3.05) is 5.32 Å². The van der Waals surface area contributed by atoms with Gasteiger partial charge in [0.05, 0.1) is 18.4 Å². The highest BCUT2D eigenvalue weighted by molar-refractivity contribution is 7.09. The third kappa shape index (κ3) is 3.82. The van der Waals surface area contributed by atoms with Gasteiger partial charge in [0.15, 0.2) is 0 Å². The van der Waals surface area contributed by atoms with Gasteiger partial charge in [-0.05, 0) is 25.3 Å². The molecule has 0 aliphatic carbocycles. The smallest absolute Gasteiger partial charge is 0.242 e. The molecule has 0 saturated heterocycles. The third-order valence-corrected chi connectivity index (χ3v) is 3.63. The van der Waals surface area contributed by atoms with Gasteiger partial charge in [0.2, 0.25) is 5.91 Å². The monoisotopic (exact) mass is 278 g/mol. The summed E-state index contributed by atoms with van der Waals surface area (Å²) in [5.41, 5.74) is 0.862. The molecule has 1 atom stereocenters. The second-order valence-electron chi connectivity index (χ2n) is 4.25. The molecule has 0 bridgehead atoms. The van der Waals surface area contributed by atoms with Gasteiger partial charge in [-0.1, -0.05) is 6.07 Å². The van der Waals surface area contributed by atoms with Gasteiger partial charge in [-0.3, -0.25) is 9.48 Å². The Morgan fingerprint density at radius 1 is 1.58 bits per heavy atom. The lowest BCUT2D eigenvalue weighted by Crippen LogP contribution is -2.36. The lowest BCUT2D eigenvalue weighted by Gasteiger charge is -2.13. The van der Waals surface area contributed by atoms with E-state index in [2.05, 4.69) is 15.7 Å². The van der Waals surface area contributed by atoms with Crippen LogP contribution in [0.25, 0.3) is 0 Å². The fourth-order valence-electron chi connectivity index (χ4n) is 1.67. The number of rotatable bonds is 6. The van der Waals surface area contributed by atoms with Gasteiger partial charge in [-0.15, -0.1) is 11.3 Å². The van der Waals surface area contributed by atoms with Gasteiger partial charge in [0.1, 0.15) is 6.04 Å². The molecular formula is C13H18N4OS. The number of anilines is 1. The molecular weight excluding hydrogens is 260 g/mol. The zero-order valence-corrected chi connectivity index (χ0v) is 11.9. The number of carbonyl (C=O) groups excluding carboxylic acids is 1. The van der Waals surface area contributed by atoms with Crippen molar-refractivity contribution in [3.8, 4) is 0 Å². The number of nitrogens with one attached hydrogen (secondary N) is 2. The van der Waals surface area contributed by atoms with Crippen LogP contribution in [0, 0.1) is 0 Å². The fourth-order valence-corrected chi connectivity index (χ4v) is 2.31. The molecule has 0 aliphatic rings. The first-order chi connectivity index (χ1) is 9.19. The average Bonchev–Trinajstić information content (AvgIpc) is 3.06. The largest absolute Gasteiger partial charge is 0.371 e. The Hall–Kier alpha value is -1.82. The van der Waals surface area contributed by atoms with Gasteiger partial charge in [0, 0.05) is 17.6 Å². The number of hydrogen-bond donors (Lipinski definition) is 2. The van der Waals surface area contributed by atoms with Gasteiger partial charge in [-0.25, -0.2) is 0 Å². The highest BCUT2D eigenvalue weighted by atomic mass is 32.1. The quantitative estimate of drug-likeness (QED) is 0.850. The summed E-state index contributed by atoms with van der Waals surface area (Å²) < 4.78 is 1.82. The Morgan fingerprint density at radius 3 is 3.05 bits per heavy atom. The maximum Gasteiger partial charge on any atom is 0.242 e. The number of carbonyl (C=O) groups is 1. The predicted molar refractivity (Wildman–Crippen MR) is 77.2 cm³/mol. The summed E-state index contributed by atoms with van der Waals surface area (Å²) in [5, 5.41) is 12.2. The molecule has 0 fully saturated rings. The molecule has 0 spiro atoms. The fraction of sp³-hybridized carbons (Fsp3) is 0.385. The van der Waals surface area contributed by atoms with Gasteiger partial charge < -0.3 is 10.6 Å². The summed E-state index contributed by atoms with van der Waals surface area (Å²) in [6.45, 7) is 5.26. The average molecular weight is 278 g/mol. The zero-order chi connectivity index (χ0) is 13.7. The first-order valence-electron chi connectivity index (χ1n) is 6.28. The van der Waals surface area contributed by atoms with Crippen LogP contribution in [0.4, 0.5) is 5.69 Å². The van der Waals surface area contributed by atoms with E-state index in [-0.39, 0.29) is 11.9 Å². The Morgan fingerprint density at radius 2 is 2.42 bits per heavy atom. The van der Waals surface area contributed by atoms with Crippen LogP contribution in [0.15, 0.2) is 29.9 Å². The van der Waals surface area contributed by atoms with Crippen LogP contribution in [-0.2, 0) is 17.9 Å². The zero-order valence-electron chi connectivity index (χ0n) is 11.1. The molecule has 0 aromatic carbocycles. The van der Waals surface area contributed by atoms with E-state index >= 15 is 0 Å². The molecule has 2 heterocycles. The molecule has 0 radical (unpaired) electrons. The first kappa shape index (κ1) is 13.6. The lowest BCUT2D eigenvalue weighted by atomic mass is 10.3. The molecule has 0 unspecified atom stereocenters. The summed E-state index contributed by atoms with van der Waals surface area (Å²) in [5.74, 6) is -0.0161. The number of thiophene rings is 1. The SMILES string of the molecule is CCn1cc(N[C@@H](C)C(=O)NCc2cccs2)cn1. The molecule has 1 amide bonds. The van der Waals surface area contributed by atoms with Crippen LogP contribution in [0.5, 0.6) is 0 Å². The second-order valence-corrected chi connectivity index (χ2v) is 5.28. The van der Waals surface area contributed by atoms with Crippen LogP contribution < -0.4 is 10.6 Å². The van der Waals surface area contributed by atoms with E-state index in [0.717, 1.165) is 17.1 Å². The minimum atomic E-state index is -0.283. The number of nitrogens with zero attached hydrogens (tertiary/aromatic N) is 2. The Labute approximate surface area is 116 Å². The van der Waals surface area contributed by atoms with Crippen LogP contribution in [0.1, 0.15) is 18.7 Å². The van der Waals surface area contributed by atoms with E-state index in [1.165, 1.54) is 0 Å². The second kappa shape index (κ2) is 6.38. The van der Waals surface area contributed by atoms with E-state index in [9.17, 15) is 4.79 Å². The summed E-state index contributed by atoms with van der Waals surface area (Å²) >= 11 is 1.64. The maximum absolute atomic E-state index is 11.9. The Balaban J connectivity index is 1.81. The number of aromatic nitrogens is 2. The number of hydrogen-bond acceptors (Lipinski definition) is 4. The van der Waals surface area contributed by atoms with Crippen LogP contribution in [0.3, 0.4) is 0 Å². The van der Waals surface area contributed by atoms with Gasteiger partial charge >= 0.3 is 0 Å². The van der Waals surface area contributed by atoms with Crippen LogP contribution >= 0.6 is 11.3 Å². The molecule has 102 valence electrons. The molecule has 2 aromatic rings. The van der Waals surface area contributed by atoms with Crippen molar-refractivity contribution in [1.29, 1.82) is 0 Å². The predicted octanol–water partition coefficient (Wildman–Crippen LogP) is 2.08. The van der Waals surface area contributed by atoms with Crippen molar-refractivity contribution in [3.63, 3.8) is 0 Å².